The van der Waals surface area contributed by atoms with E-state index >= 15 is 0 Å². The van der Waals surface area contributed by atoms with Crippen molar-refractivity contribution in [2.45, 2.75) is 50.7 Å². The monoisotopic (exact) mass is 254 g/mol. The molecular formula is C14H26N2O2. The Hall–Kier alpha value is -0.610. The van der Waals surface area contributed by atoms with Crippen molar-refractivity contribution in [3.63, 3.8) is 0 Å². The molecule has 0 bridgehead atoms. The first kappa shape index (κ1) is 13.8. The molecule has 1 heterocycles. The van der Waals surface area contributed by atoms with Gasteiger partial charge in [-0.2, -0.15) is 0 Å². The van der Waals surface area contributed by atoms with E-state index in [1.807, 2.05) is 11.9 Å². The standard InChI is InChI=1S/C14H26N2O2/c1-16(10-11-6-4-3-5-7-11)14(17)13-8-12(18-2)9-15-13/h11-13,15H,3-10H2,1-2H3. The molecule has 1 aliphatic heterocycles. The number of nitrogens with one attached hydrogen (secondary N) is 1. The third-order valence-electron chi connectivity index (χ3n) is 4.35. The second-order valence-electron chi connectivity index (χ2n) is 5.78. The zero-order valence-electron chi connectivity index (χ0n) is 11.7. The fourth-order valence-corrected chi connectivity index (χ4v) is 3.18. The van der Waals surface area contributed by atoms with Crippen molar-refractivity contribution in [3.8, 4) is 0 Å². The van der Waals surface area contributed by atoms with E-state index in [2.05, 4.69) is 5.32 Å². The molecule has 1 saturated heterocycles. The maximum absolute atomic E-state index is 12.3. The van der Waals surface area contributed by atoms with Crippen LogP contribution in [0.15, 0.2) is 0 Å². The topological polar surface area (TPSA) is 41.6 Å². The molecule has 1 aliphatic carbocycles. The van der Waals surface area contributed by atoms with Crippen LogP contribution in [0.5, 0.6) is 0 Å². The Balaban J connectivity index is 1.77. The Morgan fingerprint density at radius 3 is 2.67 bits per heavy atom. The molecule has 104 valence electrons. The van der Waals surface area contributed by atoms with Crippen LogP contribution in [0.25, 0.3) is 0 Å². The summed E-state index contributed by atoms with van der Waals surface area (Å²) in [7, 11) is 3.66. The lowest BCUT2D eigenvalue weighted by Crippen LogP contribution is -2.43. The lowest BCUT2D eigenvalue weighted by atomic mass is 9.89. The third kappa shape index (κ3) is 3.45. The van der Waals surface area contributed by atoms with Gasteiger partial charge in [0.15, 0.2) is 0 Å². The van der Waals surface area contributed by atoms with Gasteiger partial charge in [0.05, 0.1) is 12.1 Å². The van der Waals surface area contributed by atoms with E-state index in [4.69, 9.17) is 4.74 Å². The molecule has 2 fully saturated rings. The Bertz CT molecular complexity index is 277. The van der Waals surface area contributed by atoms with Crippen molar-refractivity contribution in [2.75, 3.05) is 27.2 Å². The van der Waals surface area contributed by atoms with Gasteiger partial charge in [-0.1, -0.05) is 19.3 Å². The molecule has 2 unspecified atom stereocenters. The predicted octanol–water partition coefficient (Wildman–Crippen LogP) is 1.40. The quantitative estimate of drug-likeness (QED) is 0.824. The first-order chi connectivity index (χ1) is 8.70. The second-order valence-corrected chi connectivity index (χ2v) is 5.78. The summed E-state index contributed by atoms with van der Waals surface area (Å²) < 4.78 is 5.29. The summed E-state index contributed by atoms with van der Waals surface area (Å²) in [6.45, 7) is 1.72. The van der Waals surface area contributed by atoms with Gasteiger partial charge in [0.2, 0.25) is 5.91 Å². The molecule has 0 radical (unpaired) electrons. The van der Waals surface area contributed by atoms with Crippen molar-refractivity contribution in [1.29, 1.82) is 0 Å². The van der Waals surface area contributed by atoms with Gasteiger partial charge in [-0.15, -0.1) is 0 Å². The molecule has 0 aromatic heterocycles. The fourth-order valence-electron chi connectivity index (χ4n) is 3.18. The van der Waals surface area contributed by atoms with Crippen molar-refractivity contribution >= 4 is 5.91 Å². The van der Waals surface area contributed by atoms with E-state index < -0.39 is 0 Å². The van der Waals surface area contributed by atoms with E-state index in [1.54, 1.807) is 7.11 Å². The number of rotatable bonds is 4. The number of ether oxygens (including phenoxy) is 1. The Kier molecular flexibility index (Phi) is 5.01. The van der Waals surface area contributed by atoms with E-state index in [0.717, 1.165) is 19.5 Å². The summed E-state index contributed by atoms with van der Waals surface area (Å²) in [5, 5.41) is 3.26. The van der Waals surface area contributed by atoms with Crippen molar-refractivity contribution in [3.05, 3.63) is 0 Å². The van der Waals surface area contributed by atoms with Gasteiger partial charge < -0.3 is 15.0 Å². The molecule has 0 spiro atoms. The van der Waals surface area contributed by atoms with Gasteiger partial charge >= 0.3 is 0 Å². The lowest BCUT2D eigenvalue weighted by molar-refractivity contribution is -0.132. The van der Waals surface area contributed by atoms with Crippen molar-refractivity contribution in [1.82, 2.24) is 10.2 Å². The molecule has 18 heavy (non-hydrogen) atoms. The normalized spacial score (nSPS) is 29.4. The molecule has 4 nitrogen and oxygen atoms in total. The molecule has 0 aromatic carbocycles. The molecular weight excluding hydrogens is 228 g/mol. The zero-order chi connectivity index (χ0) is 13.0. The van der Waals surface area contributed by atoms with Gasteiger partial charge in [-0.25, -0.2) is 0 Å². The smallest absolute Gasteiger partial charge is 0.239 e. The first-order valence-electron chi connectivity index (χ1n) is 7.22. The zero-order valence-corrected chi connectivity index (χ0v) is 11.7. The molecule has 4 heteroatoms. The highest BCUT2D eigenvalue weighted by Crippen LogP contribution is 2.24. The van der Waals surface area contributed by atoms with Crippen LogP contribution in [0, 0.1) is 5.92 Å². The van der Waals surface area contributed by atoms with Gasteiger partial charge in [0, 0.05) is 27.2 Å². The number of carbonyl (C=O) groups is 1. The van der Waals surface area contributed by atoms with E-state index in [9.17, 15) is 4.79 Å². The van der Waals surface area contributed by atoms with E-state index in [0.29, 0.717) is 5.92 Å². The molecule has 2 aliphatic rings. The number of carbonyl (C=O) groups excluding carboxylic acids is 1. The van der Waals surface area contributed by atoms with Gasteiger partial charge in [0.25, 0.3) is 0 Å². The highest BCUT2D eigenvalue weighted by Gasteiger charge is 2.31. The first-order valence-corrected chi connectivity index (χ1v) is 7.22. The second kappa shape index (κ2) is 6.53. The molecule has 2 atom stereocenters. The summed E-state index contributed by atoms with van der Waals surface area (Å²) in [5.74, 6) is 0.951. The number of hydrogen-bond acceptors (Lipinski definition) is 3. The number of amides is 1. The summed E-state index contributed by atoms with van der Waals surface area (Å²) in [5.41, 5.74) is 0. The number of hydrogen-bond donors (Lipinski definition) is 1. The molecule has 0 aromatic rings. The van der Waals surface area contributed by atoms with Crippen LogP contribution >= 0.6 is 0 Å². The van der Waals surface area contributed by atoms with Crippen molar-refractivity contribution < 1.29 is 9.53 Å². The van der Waals surface area contributed by atoms with Gasteiger partial charge in [0.1, 0.15) is 0 Å². The van der Waals surface area contributed by atoms with Crippen LogP contribution in [-0.2, 0) is 9.53 Å². The van der Waals surface area contributed by atoms with Crippen LogP contribution in [0.3, 0.4) is 0 Å². The molecule has 1 N–H and O–H groups in total. The summed E-state index contributed by atoms with van der Waals surface area (Å²) in [4.78, 5) is 14.2. The number of likely N-dealkylation sites (N-methyl/N-ethyl adjacent to an activating group) is 1. The minimum Gasteiger partial charge on any atom is -0.380 e. The summed E-state index contributed by atoms with van der Waals surface area (Å²) in [6.07, 6.45) is 7.62. The maximum Gasteiger partial charge on any atom is 0.239 e. The Morgan fingerprint density at radius 2 is 2.06 bits per heavy atom. The van der Waals surface area contributed by atoms with Gasteiger partial charge in [-0.05, 0) is 25.2 Å². The Morgan fingerprint density at radius 1 is 1.33 bits per heavy atom. The van der Waals surface area contributed by atoms with Crippen LogP contribution in [0.2, 0.25) is 0 Å². The molecule has 1 amide bonds. The minimum absolute atomic E-state index is 0.0384. The number of nitrogens with zero attached hydrogens (tertiary/aromatic N) is 1. The average Bonchev–Trinajstić information content (AvgIpc) is 2.87. The van der Waals surface area contributed by atoms with Crippen LogP contribution in [0.1, 0.15) is 38.5 Å². The highest BCUT2D eigenvalue weighted by molar-refractivity contribution is 5.82. The Labute approximate surface area is 110 Å². The SMILES string of the molecule is COC1CNC(C(=O)N(C)CC2CCCCC2)C1. The van der Waals surface area contributed by atoms with E-state index in [-0.39, 0.29) is 18.1 Å². The van der Waals surface area contributed by atoms with Gasteiger partial charge in [-0.3, -0.25) is 4.79 Å². The largest absolute Gasteiger partial charge is 0.380 e. The molecule has 1 saturated carbocycles. The molecule has 2 rings (SSSR count). The minimum atomic E-state index is -0.0384. The van der Waals surface area contributed by atoms with Crippen molar-refractivity contribution in [2.24, 2.45) is 5.92 Å². The number of methoxy groups -OCH3 is 1. The highest BCUT2D eigenvalue weighted by atomic mass is 16.5. The van der Waals surface area contributed by atoms with E-state index in [1.165, 1.54) is 32.1 Å². The van der Waals surface area contributed by atoms with Crippen LogP contribution in [-0.4, -0.2) is 50.2 Å². The predicted molar refractivity (Wildman–Crippen MR) is 71.4 cm³/mol. The summed E-state index contributed by atoms with van der Waals surface area (Å²) in [6, 6.07) is -0.0384. The third-order valence-corrected chi connectivity index (χ3v) is 4.35. The van der Waals surface area contributed by atoms with Crippen LogP contribution in [0.4, 0.5) is 0 Å². The van der Waals surface area contributed by atoms with Crippen LogP contribution < -0.4 is 5.32 Å². The average molecular weight is 254 g/mol. The maximum atomic E-state index is 12.3. The lowest BCUT2D eigenvalue weighted by Gasteiger charge is -2.28. The summed E-state index contributed by atoms with van der Waals surface area (Å²) >= 11 is 0. The fraction of sp³-hybridized carbons (Fsp3) is 0.929.